The number of nitrogen functional groups attached to an aromatic ring is 1. The first kappa shape index (κ1) is 14.6. The Morgan fingerprint density at radius 3 is 2.57 bits per heavy atom. The van der Waals surface area contributed by atoms with Crippen LogP contribution in [-0.2, 0) is 0 Å². The van der Waals surface area contributed by atoms with Crippen LogP contribution in [0.1, 0.15) is 39.0 Å². The van der Waals surface area contributed by atoms with Crippen LogP contribution in [0.2, 0.25) is 0 Å². The van der Waals surface area contributed by atoms with Crippen LogP contribution in [0.3, 0.4) is 0 Å². The Balaban J connectivity index is 1.58. The SMILES string of the molecule is CCC1CCCCC1N1CCN(c2ccc(N)cn2)CC1. The zero-order valence-electron chi connectivity index (χ0n) is 13.2. The largest absolute Gasteiger partial charge is 0.397 e. The minimum atomic E-state index is 0.741. The van der Waals surface area contributed by atoms with Crippen LogP contribution in [0, 0.1) is 5.92 Å². The minimum Gasteiger partial charge on any atom is -0.397 e. The van der Waals surface area contributed by atoms with E-state index in [9.17, 15) is 0 Å². The predicted octanol–water partition coefficient (Wildman–Crippen LogP) is 2.75. The molecule has 4 nitrogen and oxygen atoms in total. The lowest BCUT2D eigenvalue weighted by Crippen LogP contribution is -2.53. The molecule has 1 saturated heterocycles. The highest BCUT2D eigenvalue weighted by Gasteiger charge is 2.31. The van der Waals surface area contributed by atoms with Crippen molar-refractivity contribution < 1.29 is 0 Å². The summed E-state index contributed by atoms with van der Waals surface area (Å²) in [6, 6.07) is 4.81. The molecule has 3 rings (SSSR count). The molecule has 2 atom stereocenters. The van der Waals surface area contributed by atoms with E-state index in [-0.39, 0.29) is 0 Å². The summed E-state index contributed by atoms with van der Waals surface area (Å²) in [5.41, 5.74) is 6.46. The van der Waals surface area contributed by atoms with Crippen LogP contribution in [-0.4, -0.2) is 42.1 Å². The van der Waals surface area contributed by atoms with Crippen LogP contribution in [0.4, 0.5) is 11.5 Å². The van der Waals surface area contributed by atoms with E-state index in [2.05, 4.69) is 21.7 Å². The van der Waals surface area contributed by atoms with Gasteiger partial charge in [0.05, 0.1) is 11.9 Å². The molecular formula is C17H28N4. The van der Waals surface area contributed by atoms with E-state index in [1.165, 1.54) is 45.2 Å². The van der Waals surface area contributed by atoms with Gasteiger partial charge in [-0.15, -0.1) is 0 Å². The highest BCUT2D eigenvalue weighted by Crippen LogP contribution is 2.31. The zero-order valence-corrected chi connectivity index (χ0v) is 13.2. The van der Waals surface area contributed by atoms with E-state index < -0.39 is 0 Å². The second-order valence-corrected chi connectivity index (χ2v) is 6.49. The molecule has 0 radical (unpaired) electrons. The number of nitrogens with zero attached hydrogens (tertiary/aromatic N) is 3. The molecule has 1 aliphatic heterocycles. The molecule has 1 aromatic heterocycles. The number of nitrogens with two attached hydrogens (primary N) is 1. The number of hydrogen-bond donors (Lipinski definition) is 1. The fraction of sp³-hybridized carbons (Fsp3) is 0.706. The molecular weight excluding hydrogens is 260 g/mol. The van der Waals surface area contributed by atoms with Gasteiger partial charge in [-0.05, 0) is 30.9 Å². The van der Waals surface area contributed by atoms with E-state index >= 15 is 0 Å². The topological polar surface area (TPSA) is 45.4 Å². The fourth-order valence-corrected chi connectivity index (χ4v) is 4.01. The Bertz CT molecular complexity index is 437. The number of hydrogen-bond acceptors (Lipinski definition) is 4. The lowest BCUT2D eigenvalue weighted by molar-refractivity contribution is 0.0950. The normalized spacial score (nSPS) is 27.8. The van der Waals surface area contributed by atoms with Crippen LogP contribution in [0.25, 0.3) is 0 Å². The Morgan fingerprint density at radius 1 is 1.14 bits per heavy atom. The van der Waals surface area contributed by atoms with Gasteiger partial charge >= 0.3 is 0 Å². The molecule has 0 amide bonds. The lowest BCUT2D eigenvalue weighted by atomic mass is 9.81. The zero-order chi connectivity index (χ0) is 14.7. The maximum absolute atomic E-state index is 5.72. The van der Waals surface area contributed by atoms with Crippen molar-refractivity contribution in [2.45, 2.75) is 45.1 Å². The van der Waals surface area contributed by atoms with Gasteiger partial charge in [-0.1, -0.05) is 26.2 Å². The average Bonchev–Trinajstić information content (AvgIpc) is 2.56. The second-order valence-electron chi connectivity index (χ2n) is 6.49. The molecule has 0 aromatic carbocycles. The summed E-state index contributed by atoms with van der Waals surface area (Å²) in [6.07, 6.45) is 8.78. The summed E-state index contributed by atoms with van der Waals surface area (Å²) in [7, 11) is 0. The van der Waals surface area contributed by atoms with Gasteiger partial charge in [-0.2, -0.15) is 0 Å². The predicted molar refractivity (Wildman–Crippen MR) is 88.5 cm³/mol. The van der Waals surface area contributed by atoms with Crippen molar-refractivity contribution in [1.29, 1.82) is 0 Å². The summed E-state index contributed by atoms with van der Waals surface area (Å²) >= 11 is 0. The molecule has 21 heavy (non-hydrogen) atoms. The van der Waals surface area contributed by atoms with Gasteiger partial charge in [-0.25, -0.2) is 4.98 Å². The highest BCUT2D eigenvalue weighted by molar-refractivity contribution is 5.46. The average molecular weight is 288 g/mol. The van der Waals surface area contributed by atoms with Gasteiger partial charge in [0, 0.05) is 32.2 Å². The first-order chi connectivity index (χ1) is 10.3. The molecule has 2 N–H and O–H groups in total. The van der Waals surface area contributed by atoms with E-state index in [1.807, 2.05) is 12.1 Å². The van der Waals surface area contributed by atoms with E-state index in [4.69, 9.17) is 5.73 Å². The smallest absolute Gasteiger partial charge is 0.128 e. The maximum Gasteiger partial charge on any atom is 0.128 e. The molecule has 2 heterocycles. The summed E-state index contributed by atoms with van der Waals surface area (Å²) in [6.45, 7) is 6.88. The number of anilines is 2. The van der Waals surface area contributed by atoms with Gasteiger partial charge in [0.1, 0.15) is 5.82 Å². The third kappa shape index (κ3) is 3.31. The Labute approximate surface area is 128 Å². The van der Waals surface area contributed by atoms with Crippen LogP contribution < -0.4 is 10.6 Å². The fourth-order valence-electron chi connectivity index (χ4n) is 4.01. The number of piperazine rings is 1. The third-order valence-corrected chi connectivity index (χ3v) is 5.27. The lowest BCUT2D eigenvalue weighted by Gasteiger charge is -2.44. The maximum atomic E-state index is 5.72. The van der Waals surface area contributed by atoms with Crippen molar-refractivity contribution in [3.63, 3.8) is 0 Å². The summed E-state index contributed by atoms with van der Waals surface area (Å²) in [5, 5.41) is 0. The third-order valence-electron chi connectivity index (χ3n) is 5.27. The molecule has 2 fully saturated rings. The van der Waals surface area contributed by atoms with Crippen molar-refractivity contribution >= 4 is 11.5 Å². The van der Waals surface area contributed by atoms with Crippen LogP contribution in [0.15, 0.2) is 18.3 Å². The number of aromatic nitrogens is 1. The van der Waals surface area contributed by atoms with E-state index in [0.717, 1.165) is 36.6 Å². The molecule has 116 valence electrons. The molecule has 1 aromatic rings. The minimum absolute atomic E-state index is 0.741. The van der Waals surface area contributed by atoms with Crippen molar-refractivity contribution in [3.05, 3.63) is 18.3 Å². The molecule has 1 aliphatic carbocycles. The van der Waals surface area contributed by atoms with Crippen molar-refractivity contribution in [2.24, 2.45) is 5.92 Å². The quantitative estimate of drug-likeness (QED) is 0.929. The van der Waals surface area contributed by atoms with Gasteiger partial charge in [0.25, 0.3) is 0 Å². The molecule has 2 unspecified atom stereocenters. The van der Waals surface area contributed by atoms with Crippen LogP contribution >= 0.6 is 0 Å². The Morgan fingerprint density at radius 2 is 1.90 bits per heavy atom. The van der Waals surface area contributed by atoms with Gasteiger partial charge < -0.3 is 10.6 Å². The summed E-state index contributed by atoms with van der Waals surface area (Å²) in [5.74, 6) is 1.99. The van der Waals surface area contributed by atoms with Crippen molar-refractivity contribution in [3.8, 4) is 0 Å². The monoisotopic (exact) mass is 288 g/mol. The Hall–Kier alpha value is -1.29. The number of pyridine rings is 1. The summed E-state index contributed by atoms with van der Waals surface area (Å²) in [4.78, 5) is 9.58. The van der Waals surface area contributed by atoms with Gasteiger partial charge in [0.15, 0.2) is 0 Å². The van der Waals surface area contributed by atoms with Crippen LogP contribution in [0.5, 0.6) is 0 Å². The van der Waals surface area contributed by atoms with Gasteiger partial charge in [0.2, 0.25) is 0 Å². The first-order valence-electron chi connectivity index (χ1n) is 8.48. The molecule has 2 aliphatic rings. The first-order valence-corrected chi connectivity index (χ1v) is 8.48. The highest BCUT2D eigenvalue weighted by atomic mass is 15.3. The van der Waals surface area contributed by atoms with E-state index in [1.54, 1.807) is 6.20 Å². The standard InChI is InChI=1S/C17H28N4/c1-2-14-5-3-4-6-16(14)20-9-11-21(12-10-20)17-8-7-15(18)13-19-17/h7-8,13-14,16H,2-6,9-12,18H2,1H3. The molecule has 0 spiro atoms. The molecule has 0 bridgehead atoms. The summed E-state index contributed by atoms with van der Waals surface area (Å²) < 4.78 is 0. The van der Waals surface area contributed by atoms with Crippen molar-refractivity contribution in [1.82, 2.24) is 9.88 Å². The second kappa shape index (κ2) is 6.65. The molecule has 4 heteroatoms. The molecule has 1 saturated carbocycles. The number of rotatable bonds is 3. The van der Waals surface area contributed by atoms with Gasteiger partial charge in [-0.3, -0.25) is 4.90 Å². The Kier molecular flexibility index (Phi) is 4.63. The van der Waals surface area contributed by atoms with Crippen molar-refractivity contribution in [2.75, 3.05) is 36.8 Å². The van der Waals surface area contributed by atoms with E-state index in [0.29, 0.717) is 0 Å².